The van der Waals surface area contributed by atoms with Crippen LogP contribution in [0.15, 0.2) is 42.6 Å². The third kappa shape index (κ3) is 4.18. The van der Waals surface area contributed by atoms with Gasteiger partial charge < -0.3 is 21.1 Å². The van der Waals surface area contributed by atoms with Gasteiger partial charge in [-0.05, 0) is 57.0 Å². The van der Waals surface area contributed by atoms with E-state index in [1.807, 2.05) is 6.92 Å². The summed E-state index contributed by atoms with van der Waals surface area (Å²) in [5.74, 6) is 0.226. The Morgan fingerprint density at radius 3 is 2.77 bits per heavy atom. The Kier molecular flexibility index (Phi) is 5.18. The number of hydrogen-bond acceptors (Lipinski definition) is 5. The second kappa shape index (κ2) is 7.53. The molecule has 7 heteroatoms. The van der Waals surface area contributed by atoms with Gasteiger partial charge in [-0.25, -0.2) is 4.98 Å². The summed E-state index contributed by atoms with van der Waals surface area (Å²) in [4.78, 5) is 27.9. The van der Waals surface area contributed by atoms with Gasteiger partial charge in [-0.3, -0.25) is 9.59 Å². The van der Waals surface area contributed by atoms with Gasteiger partial charge >= 0.3 is 0 Å². The topological polar surface area (TPSA) is 106 Å². The predicted octanol–water partition coefficient (Wildman–Crippen LogP) is 2.44. The van der Waals surface area contributed by atoms with Crippen molar-refractivity contribution >= 4 is 17.5 Å². The van der Waals surface area contributed by atoms with Gasteiger partial charge in [0.25, 0.3) is 0 Å². The summed E-state index contributed by atoms with van der Waals surface area (Å²) in [6.45, 7) is 2.76. The summed E-state index contributed by atoms with van der Waals surface area (Å²) in [5, 5.41) is 6.17. The molecule has 1 aliphatic rings. The number of pyridine rings is 1. The monoisotopic (exact) mass is 354 g/mol. The van der Waals surface area contributed by atoms with Gasteiger partial charge in [-0.1, -0.05) is 6.07 Å². The summed E-state index contributed by atoms with van der Waals surface area (Å²) >= 11 is 0. The summed E-state index contributed by atoms with van der Waals surface area (Å²) < 4.78 is 5.62. The van der Waals surface area contributed by atoms with Gasteiger partial charge in [0, 0.05) is 11.6 Å². The molecule has 3 rings (SSSR count). The van der Waals surface area contributed by atoms with Gasteiger partial charge in [-0.15, -0.1) is 0 Å². The van der Waals surface area contributed by atoms with Crippen LogP contribution < -0.4 is 21.1 Å². The molecule has 7 nitrogen and oxygen atoms in total. The van der Waals surface area contributed by atoms with Crippen LogP contribution in [0.1, 0.15) is 36.5 Å². The highest BCUT2D eigenvalue weighted by atomic mass is 16.5. The van der Waals surface area contributed by atoms with Crippen molar-refractivity contribution < 1.29 is 14.3 Å². The van der Waals surface area contributed by atoms with Crippen LogP contribution >= 0.6 is 0 Å². The normalized spacial score (nSPS) is 19.6. The SMILES string of the molecule is CC1(C(=O)Nc2ccc(Oc3cccc(C(N)=O)c3)nc2)CCCCN1. The van der Waals surface area contributed by atoms with E-state index in [-0.39, 0.29) is 5.91 Å². The van der Waals surface area contributed by atoms with Crippen molar-refractivity contribution in [2.75, 3.05) is 11.9 Å². The first-order valence-electron chi connectivity index (χ1n) is 8.56. The number of benzene rings is 1. The summed E-state index contributed by atoms with van der Waals surface area (Å²) in [5.41, 5.74) is 5.67. The lowest BCUT2D eigenvalue weighted by atomic mass is 9.90. The van der Waals surface area contributed by atoms with E-state index in [2.05, 4.69) is 15.6 Å². The Bertz CT molecular complexity index is 799. The highest BCUT2D eigenvalue weighted by molar-refractivity contribution is 5.97. The lowest BCUT2D eigenvalue weighted by molar-refractivity contribution is -0.122. The standard InChI is InChI=1S/C19H22N4O3/c1-19(9-2-3-10-22-19)18(25)23-14-7-8-16(21-12-14)26-15-6-4-5-13(11-15)17(20)24/h4-8,11-12,22H,2-3,9-10H2,1H3,(H2,20,24)(H,23,25). The number of rotatable bonds is 5. The van der Waals surface area contributed by atoms with Crippen molar-refractivity contribution in [2.24, 2.45) is 5.73 Å². The van der Waals surface area contributed by atoms with Crippen LogP contribution in [0.4, 0.5) is 5.69 Å². The zero-order chi connectivity index (χ0) is 18.6. The summed E-state index contributed by atoms with van der Waals surface area (Å²) in [6, 6.07) is 9.94. The molecule has 1 fully saturated rings. The molecule has 1 aliphatic heterocycles. The average molecular weight is 354 g/mol. The number of aromatic nitrogens is 1. The Morgan fingerprint density at radius 2 is 2.12 bits per heavy atom. The van der Waals surface area contributed by atoms with E-state index in [1.165, 1.54) is 6.20 Å². The van der Waals surface area contributed by atoms with E-state index >= 15 is 0 Å². The molecule has 0 bridgehead atoms. The average Bonchev–Trinajstić information content (AvgIpc) is 2.64. The molecule has 1 saturated heterocycles. The molecule has 26 heavy (non-hydrogen) atoms. The first kappa shape index (κ1) is 17.9. The minimum absolute atomic E-state index is 0.0678. The number of nitrogens with zero attached hydrogens (tertiary/aromatic N) is 1. The van der Waals surface area contributed by atoms with E-state index in [4.69, 9.17) is 10.5 Å². The van der Waals surface area contributed by atoms with Crippen LogP contribution in [0.3, 0.4) is 0 Å². The van der Waals surface area contributed by atoms with Gasteiger partial charge in [0.15, 0.2) is 0 Å². The first-order chi connectivity index (χ1) is 12.5. The lowest BCUT2D eigenvalue weighted by Crippen LogP contribution is -2.54. The Balaban J connectivity index is 1.64. The van der Waals surface area contributed by atoms with Gasteiger partial charge in [-0.2, -0.15) is 0 Å². The van der Waals surface area contributed by atoms with Crippen molar-refractivity contribution in [3.63, 3.8) is 0 Å². The lowest BCUT2D eigenvalue weighted by Gasteiger charge is -2.33. The summed E-state index contributed by atoms with van der Waals surface area (Å²) in [7, 11) is 0. The molecular formula is C19H22N4O3. The highest BCUT2D eigenvalue weighted by Crippen LogP contribution is 2.23. The van der Waals surface area contributed by atoms with Gasteiger partial charge in [0.1, 0.15) is 5.75 Å². The molecule has 2 amide bonds. The minimum atomic E-state index is -0.553. The van der Waals surface area contributed by atoms with Crippen molar-refractivity contribution in [3.8, 4) is 11.6 Å². The Labute approximate surface area is 151 Å². The van der Waals surface area contributed by atoms with E-state index in [0.29, 0.717) is 22.9 Å². The Hall–Kier alpha value is -2.93. The van der Waals surface area contributed by atoms with Crippen molar-refractivity contribution in [3.05, 3.63) is 48.2 Å². The van der Waals surface area contributed by atoms with Crippen molar-refractivity contribution in [1.82, 2.24) is 10.3 Å². The smallest absolute Gasteiger partial charge is 0.248 e. The van der Waals surface area contributed by atoms with Crippen LogP contribution in [0.2, 0.25) is 0 Å². The third-order valence-electron chi connectivity index (χ3n) is 4.46. The molecule has 2 aromatic rings. The maximum atomic E-state index is 12.5. The van der Waals surface area contributed by atoms with Crippen LogP contribution in [0.25, 0.3) is 0 Å². The number of piperidine rings is 1. The number of ether oxygens (including phenoxy) is 1. The zero-order valence-corrected chi connectivity index (χ0v) is 14.6. The fraction of sp³-hybridized carbons (Fsp3) is 0.316. The molecular weight excluding hydrogens is 332 g/mol. The van der Waals surface area contributed by atoms with Crippen molar-refractivity contribution in [1.29, 1.82) is 0 Å². The maximum Gasteiger partial charge on any atom is 0.248 e. The van der Waals surface area contributed by atoms with E-state index in [9.17, 15) is 9.59 Å². The molecule has 0 radical (unpaired) electrons. The minimum Gasteiger partial charge on any atom is -0.439 e. The van der Waals surface area contributed by atoms with E-state index < -0.39 is 11.4 Å². The van der Waals surface area contributed by atoms with Crippen LogP contribution in [-0.2, 0) is 4.79 Å². The zero-order valence-electron chi connectivity index (χ0n) is 14.6. The molecule has 4 N–H and O–H groups in total. The van der Waals surface area contributed by atoms with Gasteiger partial charge in [0.2, 0.25) is 17.7 Å². The summed E-state index contributed by atoms with van der Waals surface area (Å²) in [6.07, 6.45) is 4.47. The highest BCUT2D eigenvalue weighted by Gasteiger charge is 2.34. The molecule has 136 valence electrons. The number of nitrogens with two attached hydrogens (primary N) is 1. The molecule has 1 aromatic carbocycles. The van der Waals surface area contributed by atoms with E-state index in [0.717, 1.165) is 25.8 Å². The first-order valence-corrected chi connectivity index (χ1v) is 8.56. The largest absolute Gasteiger partial charge is 0.439 e. The quantitative estimate of drug-likeness (QED) is 0.765. The van der Waals surface area contributed by atoms with Crippen molar-refractivity contribution in [2.45, 2.75) is 31.7 Å². The van der Waals surface area contributed by atoms with Gasteiger partial charge in [0.05, 0.1) is 17.4 Å². The van der Waals surface area contributed by atoms with E-state index in [1.54, 1.807) is 36.4 Å². The maximum absolute atomic E-state index is 12.5. The molecule has 0 aliphatic carbocycles. The Morgan fingerprint density at radius 1 is 1.27 bits per heavy atom. The number of primary amides is 1. The number of carbonyl (C=O) groups excluding carboxylic acids is 2. The molecule has 2 heterocycles. The molecule has 1 unspecified atom stereocenters. The molecule has 1 aromatic heterocycles. The molecule has 1 atom stereocenters. The van der Waals surface area contributed by atoms with Crippen LogP contribution in [0.5, 0.6) is 11.6 Å². The second-order valence-corrected chi connectivity index (χ2v) is 6.55. The third-order valence-corrected chi connectivity index (χ3v) is 4.46. The predicted molar refractivity (Wildman–Crippen MR) is 98.2 cm³/mol. The second-order valence-electron chi connectivity index (χ2n) is 6.55. The number of carbonyl (C=O) groups is 2. The number of nitrogens with one attached hydrogen (secondary N) is 2. The fourth-order valence-corrected chi connectivity index (χ4v) is 2.87. The van der Waals surface area contributed by atoms with Crippen LogP contribution in [-0.4, -0.2) is 28.9 Å². The molecule has 0 saturated carbocycles. The van der Waals surface area contributed by atoms with Crippen LogP contribution in [0, 0.1) is 0 Å². The number of amides is 2. The number of hydrogen-bond donors (Lipinski definition) is 3. The number of anilines is 1. The molecule has 0 spiro atoms. The fourth-order valence-electron chi connectivity index (χ4n) is 2.87.